The largest absolute Gasteiger partial charge is 0.474 e. The molecular weight excluding hydrogens is 350 g/mol. The molecule has 0 spiro atoms. The molecular formula is C23H23N3O2. The van der Waals surface area contributed by atoms with E-state index >= 15 is 0 Å². The zero-order valence-corrected chi connectivity index (χ0v) is 16.1. The van der Waals surface area contributed by atoms with Crippen molar-refractivity contribution in [2.75, 3.05) is 11.9 Å². The van der Waals surface area contributed by atoms with Crippen LogP contribution in [0, 0.1) is 13.8 Å². The van der Waals surface area contributed by atoms with Gasteiger partial charge in [-0.3, -0.25) is 4.79 Å². The Labute approximate surface area is 164 Å². The predicted octanol–water partition coefficient (Wildman–Crippen LogP) is 4.26. The van der Waals surface area contributed by atoms with E-state index in [9.17, 15) is 4.79 Å². The number of ether oxygens (including phenoxy) is 1. The quantitative estimate of drug-likeness (QED) is 0.726. The summed E-state index contributed by atoms with van der Waals surface area (Å²) in [7, 11) is 0. The number of carbonyl (C=O) groups is 1. The van der Waals surface area contributed by atoms with Crippen molar-refractivity contribution in [3.8, 4) is 0 Å². The van der Waals surface area contributed by atoms with Gasteiger partial charge < -0.3 is 14.6 Å². The van der Waals surface area contributed by atoms with Crippen molar-refractivity contribution in [1.29, 1.82) is 0 Å². The fraction of sp³-hybridized carbons (Fsp3) is 0.217. The number of rotatable bonds is 5. The lowest BCUT2D eigenvalue weighted by atomic mass is 10.1. The predicted molar refractivity (Wildman–Crippen MR) is 111 cm³/mol. The van der Waals surface area contributed by atoms with Gasteiger partial charge in [-0.25, -0.2) is 4.99 Å². The molecule has 1 aromatic heterocycles. The van der Waals surface area contributed by atoms with Gasteiger partial charge in [-0.2, -0.15) is 0 Å². The maximum Gasteiger partial charge on any atom is 0.244 e. The smallest absolute Gasteiger partial charge is 0.244 e. The normalized spacial score (nSPS) is 15.8. The first-order valence-corrected chi connectivity index (χ1v) is 9.39. The van der Waals surface area contributed by atoms with Gasteiger partial charge in [0.2, 0.25) is 11.8 Å². The van der Waals surface area contributed by atoms with E-state index in [-0.39, 0.29) is 18.5 Å². The Balaban J connectivity index is 1.49. The Kier molecular flexibility index (Phi) is 4.98. The summed E-state index contributed by atoms with van der Waals surface area (Å²) >= 11 is 0. The Morgan fingerprint density at radius 3 is 2.75 bits per heavy atom. The molecule has 5 heteroatoms. The highest BCUT2D eigenvalue weighted by Crippen LogP contribution is 2.25. The lowest BCUT2D eigenvalue weighted by molar-refractivity contribution is -0.116. The lowest BCUT2D eigenvalue weighted by Crippen LogP contribution is -2.21. The maximum absolute atomic E-state index is 12.6. The van der Waals surface area contributed by atoms with Crippen LogP contribution in [0.4, 0.5) is 5.69 Å². The second-order valence-corrected chi connectivity index (χ2v) is 6.99. The number of aryl methyl sites for hydroxylation is 1. The molecule has 1 N–H and O–H groups in total. The molecule has 0 radical (unpaired) electrons. The molecule has 0 saturated carbocycles. The molecule has 1 amide bonds. The summed E-state index contributed by atoms with van der Waals surface area (Å²) in [5, 5.41) is 3.00. The van der Waals surface area contributed by atoms with Crippen molar-refractivity contribution in [3.63, 3.8) is 0 Å². The summed E-state index contributed by atoms with van der Waals surface area (Å²) in [5.74, 6) is 0.503. The van der Waals surface area contributed by atoms with Crippen LogP contribution in [0.5, 0.6) is 0 Å². The minimum atomic E-state index is -0.0793. The molecule has 28 heavy (non-hydrogen) atoms. The van der Waals surface area contributed by atoms with E-state index in [1.54, 1.807) is 0 Å². The molecule has 1 atom stereocenters. The molecule has 4 rings (SSSR count). The molecule has 0 saturated heterocycles. The van der Waals surface area contributed by atoms with Gasteiger partial charge in [-0.15, -0.1) is 0 Å². The minimum Gasteiger partial charge on any atom is -0.474 e. The molecule has 2 aromatic carbocycles. The van der Waals surface area contributed by atoms with E-state index in [2.05, 4.69) is 17.4 Å². The Morgan fingerprint density at radius 1 is 1.11 bits per heavy atom. The van der Waals surface area contributed by atoms with Crippen molar-refractivity contribution in [1.82, 2.24) is 4.57 Å². The second-order valence-electron chi connectivity index (χ2n) is 6.99. The van der Waals surface area contributed by atoms with Gasteiger partial charge in [0.05, 0.1) is 0 Å². The third kappa shape index (κ3) is 3.69. The Hall–Kier alpha value is -3.34. The van der Waals surface area contributed by atoms with E-state index in [4.69, 9.17) is 9.73 Å². The molecule has 1 aliphatic rings. The zero-order chi connectivity index (χ0) is 19.5. The molecule has 0 bridgehead atoms. The van der Waals surface area contributed by atoms with Crippen molar-refractivity contribution in [2.45, 2.75) is 26.4 Å². The zero-order valence-electron chi connectivity index (χ0n) is 16.1. The molecule has 5 nitrogen and oxygen atoms in total. The fourth-order valence-electron chi connectivity index (χ4n) is 3.34. The van der Waals surface area contributed by atoms with Crippen LogP contribution >= 0.6 is 0 Å². The van der Waals surface area contributed by atoms with Gasteiger partial charge in [0.1, 0.15) is 24.9 Å². The van der Waals surface area contributed by atoms with Crippen molar-refractivity contribution >= 4 is 17.5 Å². The van der Waals surface area contributed by atoms with Gasteiger partial charge in [-0.1, -0.05) is 42.5 Å². The van der Waals surface area contributed by atoms with Crippen molar-refractivity contribution in [2.24, 2.45) is 4.99 Å². The average Bonchev–Trinajstić information content (AvgIpc) is 3.35. The Bertz CT molecular complexity index is 1020. The van der Waals surface area contributed by atoms with E-state index in [0.717, 1.165) is 28.1 Å². The minimum absolute atomic E-state index is 0.0108. The summed E-state index contributed by atoms with van der Waals surface area (Å²) in [6.07, 6.45) is 1.87. The highest BCUT2D eigenvalue weighted by atomic mass is 16.5. The fourth-order valence-corrected chi connectivity index (χ4v) is 3.34. The topological polar surface area (TPSA) is 55.6 Å². The number of aromatic nitrogens is 1. The van der Waals surface area contributed by atoms with E-state index in [1.165, 1.54) is 0 Å². The van der Waals surface area contributed by atoms with Gasteiger partial charge in [0.15, 0.2) is 0 Å². The van der Waals surface area contributed by atoms with Crippen LogP contribution in [0.1, 0.15) is 28.4 Å². The summed E-state index contributed by atoms with van der Waals surface area (Å²) < 4.78 is 7.70. The highest BCUT2D eigenvalue weighted by molar-refractivity contribution is 5.96. The second kappa shape index (κ2) is 7.72. The lowest BCUT2D eigenvalue weighted by Gasteiger charge is -2.12. The molecule has 0 aliphatic carbocycles. The van der Waals surface area contributed by atoms with Gasteiger partial charge in [0, 0.05) is 11.9 Å². The first-order chi connectivity index (χ1) is 13.6. The summed E-state index contributed by atoms with van der Waals surface area (Å²) in [6.45, 7) is 4.76. The first-order valence-electron chi connectivity index (χ1n) is 9.39. The third-order valence-electron chi connectivity index (χ3n) is 5.08. The summed E-state index contributed by atoms with van der Waals surface area (Å²) in [4.78, 5) is 17.3. The highest BCUT2D eigenvalue weighted by Gasteiger charge is 2.23. The number of aliphatic imine (C=N–C) groups is 1. The van der Waals surface area contributed by atoms with Crippen LogP contribution in [0.2, 0.25) is 0 Å². The van der Waals surface area contributed by atoms with Crippen LogP contribution in [0.3, 0.4) is 0 Å². The van der Waals surface area contributed by atoms with E-state index < -0.39 is 0 Å². The summed E-state index contributed by atoms with van der Waals surface area (Å²) in [5.41, 5.74) is 5.02. The number of nitrogens with zero attached hydrogens (tertiary/aromatic N) is 2. The molecule has 0 fully saturated rings. The number of benzene rings is 2. The van der Waals surface area contributed by atoms with Crippen LogP contribution in [-0.2, 0) is 16.1 Å². The van der Waals surface area contributed by atoms with Crippen LogP contribution < -0.4 is 5.32 Å². The van der Waals surface area contributed by atoms with Gasteiger partial charge >= 0.3 is 0 Å². The number of anilines is 1. The molecule has 0 unspecified atom stereocenters. The van der Waals surface area contributed by atoms with E-state index in [1.807, 2.05) is 73.1 Å². The standard InChI is InChI=1S/C23H23N3O2/c1-16-8-6-11-19(17(16)2)24-22(27)14-26-13-7-12-21(26)23-25-20(15-28-23)18-9-4-3-5-10-18/h3-13,20H,14-15H2,1-2H3,(H,24,27)/t20-/m1/s1. The molecule has 2 heterocycles. The maximum atomic E-state index is 12.6. The van der Waals surface area contributed by atoms with Gasteiger partial charge in [-0.05, 0) is 48.7 Å². The number of carbonyl (C=O) groups excluding carboxylic acids is 1. The van der Waals surface area contributed by atoms with Gasteiger partial charge in [0.25, 0.3) is 0 Å². The number of nitrogens with one attached hydrogen (secondary N) is 1. The van der Waals surface area contributed by atoms with Crippen LogP contribution in [0.15, 0.2) is 71.9 Å². The monoisotopic (exact) mass is 373 g/mol. The van der Waals surface area contributed by atoms with Crippen molar-refractivity contribution in [3.05, 3.63) is 89.2 Å². The molecule has 142 valence electrons. The number of amides is 1. The molecule has 3 aromatic rings. The Morgan fingerprint density at radius 2 is 1.93 bits per heavy atom. The number of hydrogen-bond donors (Lipinski definition) is 1. The van der Waals surface area contributed by atoms with E-state index in [0.29, 0.717) is 12.5 Å². The van der Waals surface area contributed by atoms with Crippen LogP contribution in [-0.4, -0.2) is 23.0 Å². The average molecular weight is 373 g/mol. The SMILES string of the molecule is Cc1cccc(NC(=O)Cn2cccc2C2=N[C@@H](c3ccccc3)CO2)c1C. The van der Waals surface area contributed by atoms with Crippen LogP contribution in [0.25, 0.3) is 0 Å². The van der Waals surface area contributed by atoms with Crippen molar-refractivity contribution < 1.29 is 9.53 Å². The number of hydrogen-bond acceptors (Lipinski definition) is 3. The summed E-state index contributed by atoms with van der Waals surface area (Å²) in [6, 6.07) is 19.8. The molecule has 1 aliphatic heterocycles. The first kappa shape index (κ1) is 18.0. The third-order valence-corrected chi connectivity index (χ3v) is 5.08.